The molecule has 7 heteroatoms. The van der Waals surface area contributed by atoms with Gasteiger partial charge in [0.05, 0.1) is 11.1 Å². The Morgan fingerprint density at radius 2 is 1.96 bits per heavy atom. The van der Waals surface area contributed by atoms with E-state index in [1.54, 1.807) is 12.1 Å². The van der Waals surface area contributed by atoms with Crippen molar-refractivity contribution in [3.63, 3.8) is 0 Å². The highest BCUT2D eigenvalue weighted by molar-refractivity contribution is 8.00. The summed E-state index contributed by atoms with van der Waals surface area (Å²) in [4.78, 5) is 15.0. The minimum absolute atomic E-state index is 0.122. The van der Waals surface area contributed by atoms with Crippen molar-refractivity contribution >= 4 is 27.5 Å². The summed E-state index contributed by atoms with van der Waals surface area (Å²) in [6, 6.07) is 7.36. The Labute approximate surface area is 159 Å². The highest BCUT2D eigenvalue weighted by Gasteiger charge is 2.44. The topological polar surface area (TPSA) is 66.5 Å². The molecule has 0 aliphatic carbocycles. The minimum Gasteiger partial charge on any atom is -0.326 e. The van der Waals surface area contributed by atoms with Crippen molar-refractivity contribution in [3.05, 3.63) is 29.8 Å². The van der Waals surface area contributed by atoms with Crippen molar-refractivity contribution in [3.8, 4) is 0 Å². The zero-order valence-electron chi connectivity index (χ0n) is 15.1. The van der Waals surface area contributed by atoms with Gasteiger partial charge in [0.15, 0.2) is 9.84 Å². The van der Waals surface area contributed by atoms with Crippen LogP contribution in [0.5, 0.6) is 0 Å². The van der Waals surface area contributed by atoms with Gasteiger partial charge in [-0.1, -0.05) is 12.1 Å². The average Bonchev–Trinajstić information content (AvgIpc) is 3.23. The number of hydrogen-bond donors (Lipinski definition) is 1. The van der Waals surface area contributed by atoms with Gasteiger partial charge in [0.2, 0.25) is 5.91 Å². The molecule has 1 aromatic rings. The summed E-state index contributed by atoms with van der Waals surface area (Å²) >= 11 is 1.99. The number of likely N-dealkylation sites (tertiary alicyclic amines) is 1. The van der Waals surface area contributed by atoms with Crippen LogP contribution in [0.15, 0.2) is 29.2 Å². The molecule has 4 unspecified atom stereocenters. The number of thioether (sulfide) groups is 1. The van der Waals surface area contributed by atoms with Gasteiger partial charge in [-0.15, -0.1) is 0 Å². The van der Waals surface area contributed by atoms with Gasteiger partial charge in [0, 0.05) is 36.4 Å². The molecule has 3 fully saturated rings. The molecule has 1 aromatic carbocycles. The summed E-state index contributed by atoms with van der Waals surface area (Å²) in [6.45, 7) is 0.859. The maximum Gasteiger partial charge on any atom is 0.224 e. The van der Waals surface area contributed by atoms with E-state index in [0.717, 1.165) is 24.9 Å². The van der Waals surface area contributed by atoms with Crippen LogP contribution in [-0.2, 0) is 14.6 Å². The standard InChI is InChI=1S/C19H26N2O3S2/c1-26(23,24)16-7-4-13(5-8-16)17-9-6-14-11-18(22)21(19(14)20-17)12-15-3-2-10-25-15/h4-5,7-8,14-15,17,19-20H,2-3,6,9-12H2,1H3. The van der Waals surface area contributed by atoms with E-state index in [9.17, 15) is 13.2 Å². The van der Waals surface area contributed by atoms with Gasteiger partial charge >= 0.3 is 0 Å². The van der Waals surface area contributed by atoms with E-state index >= 15 is 0 Å². The van der Waals surface area contributed by atoms with Crippen molar-refractivity contribution in [1.29, 1.82) is 0 Å². The third-order valence-corrected chi connectivity index (χ3v) is 8.38. The predicted octanol–water partition coefficient (Wildman–Crippen LogP) is 2.58. The number of piperidine rings is 1. The first-order valence-electron chi connectivity index (χ1n) is 9.39. The van der Waals surface area contributed by atoms with E-state index in [-0.39, 0.29) is 18.1 Å². The summed E-state index contributed by atoms with van der Waals surface area (Å²) in [7, 11) is -3.17. The molecule has 5 nitrogen and oxygen atoms in total. The van der Waals surface area contributed by atoms with Gasteiger partial charge in [-0.3, -0.25) is 10.1 Å². The van der Waals surface area contributed by atoms with E-state index in [1.165, 1.54) is 24.9 Å². The third kappa shape index (κ3) is 3.66. The van der Waals surface area contributed by atoms with E-state index in [0.29, 0.717) is 22.5 Å². The van der Waals surface area contributed by atoms with E-state index in [2.05, 4.69) is 10.2 Å². The summed E-state index contributed by atoms with van der Waals surface area (Å²) in [5.74, 6) is 1.90. The summed E-state index contributed by atoms with van der Waals surface area (Å²) < 4.78 is 23.3. The Morgan fingerprint density at radius 3 is 2.62 bits per heavy atom. The molecule has 1 N–H and O–H groups in total. The van der Waals surface area contributed by atoms with Crippen molar-refractivity contribution in [1.82, 2.24) is 10.2 Å². The number of nitrogens with zero attached hydrogens (tertiary/aromatic N) is 1. The van der Waals surface area contributed by atoms with Crippen molar-refractivity contribution in [2.24, 2.45) is 5.92 Å². The van der Waals surface area contributed by atoms with Crippen LogP contribution >= 0.6 is 11.8 Å². The highest BCUT2D eigenvalue weighted by Crippen LogP contribution is 2.38. The lowest BCUT2D eigenvalue weighted by Crippen LogP contribution is -2.51. The number of fused-ring (bicyclic) bond motifs is 1. The molecule has 3 saturated heterocycles. The molecule has 0 aromatic heterocycles. The molecule has 4 atom stereocenters. The van der Waals surface area contributed by atoms with Gasteiger partial charge in [-0.05, 0) is 49.1 Å². The number of benzene rings is 1. The maximum absolute atomic E-state index is 12.5. The van der Waals surface area contributed by atoms with Gasteiger partial charge in [-0.2, -0.15) is 11.8 Å². The monoisotopic (exact) mass is 394 g/mol. The van der Waals surface area contributed by atoms with Gasteiger partial charge < -0.3 is 4.90 Å². The van der Waals surface area contributed by atoms with Crippen LogP contribution in [-0.4, -0.2) is 49.2 Å². The molecule has 3 heterocycles. The zero-order valence-corrected chi connectivity index (χ0v) is 16.7. The molecule has 0 radical (unpaired) electrons. The second-order valence-corrected chi connectivity index (χ2v) is 11.2. The number of carbonyl (C=O) groups is 1. The first-order valence-corrected chi connectivity index (χ1v) is 12.3. The molecule has 3 aliphatic rings. The molecule has 0 saturated carbocycles. The molecule has 142 valence electrons. The normalized spacial score (nSPS) is 32.0. The molecular formula is C19H26N2O3S2. The zero-order chi connectivity index (χ0) is 18.3. The van der Waals surface area contributed by atoms with Crippen LogP contribution in [0.1, 0.15) is 43.7 Å². The fraction of sp³-hybridized carbons (Fsp3) is 0.632. The molecule has 0 bridgehead atoms. The molecule has 0 spiro atoms. The predicted molar refractivity (Wildman–Crippen MR) is 104 cm³/mol. The highest BCUT2D eigenvalue weighted by atomic mass is 32.2. The number of rotatable bonds is 4. The van der Waals surface area contributed by atoms with E-state index in [1.807, 2.05) is 23.9 Å². The molecule has 3 aliphatic heterocycles. The second kappa shape index (κ2) is 7.17. The molecule has 4 rings (SSSR count). The Morgan fingerprint density at radius 1 is 1.19 bits per heavy atom. The molecule has 26 heavy (non-hydrogen) atoms. The lowest BCUT2D eigenvalue weighted by atomic mass is 9.88. The largest absolute Gasteiger partial charge is 0.326 e. The Balaban J connectivity index is 1.48. The molecule has 1 amide bonds. The van der Waals surface area contributed by atoms with Crippen LogP contribution in [0.4, 0.5) is 0 Å². The summed E-state index contributed by atoms with van der Waals surface area (Å²) in [6.07, 6.45) is 6.51. The number of carbonyl (C=O) groups excluding carboxylic acids is 1. The van der Waals surface area contributed by atoms with Crippen LogP contribution in [0.25, 0.3) is 0 Å². The van der Waals surface area contributed by atoms with E-state index in [4.69, 9.17) is 0 Å². The minimum atomic E-state index is -3.17. The quantitative estimate of drug-likeness (QED) is 0.850. The van der Waals surface area contributed by atoms with Crippen LogP contribution in [0.2, 0.25) is 0 Å². The van der Waals surface area contributed by atoms with Crippen LogP contribution in [0, 0.1) is 5.92 Å². The first-order chi connectivity index (χ1) is 12.4. The Hall–Kier alpha value is -1.05. The SMILES string of the molecule is CS(=O)(=O)c1ccc(C2CCC3CC(=O)N(CC4CCCS4)C3N2)cc1. The van der Waals surface area contributed by atoms with Crippen LogP contribution < -0.4 is 5.32 Å². The van der Waals surface area contributed by atoms with Gasteiger partial charge in [0.1, 0.15) is 0 Å². The second-order valence-electron chi connectivity index (χ2n) is 7.73. The number of hydrogen-bond acceptors (Lipinski definition) is 5. The van der Waals surface area contributed by atoms with Gasteiger partial charge in [-0.25, -0.2) is 8.42 Å². The summed E-state index contributed by atoms with van der Waals surface area (Å²) in [5.41, 5.74) is 1.10. The Bertz CT molecular complexity index is 772. The lowest BCUT2D eigenvalue weighted by Gasteiger charge is -2.38. The van der Waals surface area contributed by atoms with Crippen molar-refractivity contribution in [2.45, 2.75) is 54.5 Å². The van der Waals surface area contributed by atoms with Crippen LogP contribution in [0.3, 0.4) is 0 Å². The number of nitrogens with one attached hydrogen (secondary N) is 1. The number of amides is 1. The smallest absolute Gasteiger partial charge is 0.224 e. The Kier molecular flexibility index (Phi) is 5.05. The fourth-order valence-electron chi connectivity index (χ4n) is 4.45. The van der Waals surface area contributed by atoms with Gasteiger partial charge in [0.25, 0.3) is 0 Å². The first kappa shape index (κ1) is 18.3. The summed E-state index contributed by atoms with van der Waals surface area (Å²) in [5, 5.41) is 4.27. The maximum atomic E-state index is 12.5. The third-order valence-electron chi connectivity index (χ3n) is 5.87. The lowest BCUT2D eigenvalue weighted by molar-refractivity contribution is -0.129. The number of sulfone groups is 1. The van der Waals surface area contributed by atoms with E-state index < -0.39 is 9.84 Å². The van der Waals surface area contributed by atoms with Crippen molar-refractivity contribution in [2.75, 3.05) is 18.6 Å². The fourth-order valence-corrected chi connectivity index (χ4v) is 6.35. The molecular weight excluding hydrogens is 368 g/mol. The van der Waals surface area contributed by atoms with Crippen molar-refractivity contribution < 1.29 is 13.2 Å². The average molecular weight is 395 g/mol.